The number of ether oxygens (including phenoxy) is 2. The predicted molar refractivity (Wildman–Crippen MR) is 118 cm³/mol. The van der Waals surface area contributed by atoms with Gasteiger partial charge in [0.25, 0.3) is 5.91 Å². The Labute approximate surface area is 182 Å². The molecule has 2 aromatic carbocycles. The van der Waals surface area contributed by atoms with Crippen molar-refractivity contribution in [3.63, 3.8) is 0 Å². The Balaban J connectivity index is 1.31. The van der Waals surface area contributed by atoms with E-state index in [1.165, 1.54) is 5.56 Å². The molecule has 1 N–H and O–H groups in total. The normalized spacial score (nSPS) is 19.5. The van der Waals surface area contributed by atoms with Gasteiger partial charge < -0.3 is 19.7 Å². The molecular weight excluding hydrogens is 402 g/mol. The Morgan fingerprint density at radius 2 is 1.97 bits per heavy atom. The quantitative estimate of drug-likeness (QED) is 0.714. The molecule has 1 unspecified atom stereocenters. The van der Waals surface area contributed by atoms with Crippen LogP contribution >= 0.6 is 11.6 Å². The molecule has 1 atom stereocenters. The fraction of sp³-hybridized carbons (Fsp3) is 0.435. The second kappa shape index (κ2) is 9.69. The van der Waals surface area contributed by atoms with Crippen molar-refractivity contribution in [3.05, 3.63) is 58.6 Å². The average Bonchev–Trinajstić information content (AvgIpc) is 2.78. The zero-order valence-electron chi connectivity index (χ0n) is 17.3. The van der Waals surface area contributed by atoms with Crippen molar-refractivity contribution < 1.29 is 14.3 Å². The molecule has 2 aliphatic rings. The van der Waals surface area contributed by atoms with E-state index in [0.717, 1.165) is 32.6 Å². The summed E-state index contributed by atoms with van der Waals surface area (Å²) in [6.45, 7) is 5.59. The number of piperazine rings is 1. The van der Waals surface area contributed by atoms with Crippen LogP contribution in [0, 0.1) is 0 Å². The molecule has 0 aliphatic carbocycles. The van der Waals surface area contributed by atoms with E-state index in [4.69, 9.17) is 21.1 Å². The van der Waals surface area contributed by atoms with Crippen molar-refractivity contribution in [3.8, 4) is 11.5 Å². The van der Waals surface area contributed by atoms with E-state index in [1.54, 1.807) is 12.1 Å². The van der Waals surface area contributed by atoms with Crippen molar-refractivity contribution in [2.45, 2.75) is 12.5 Å². The topological polar surface area (TPSA) is 54.0 Å². The lowest BCUT2D eigenvalue weighted by atomic mass is 10.0. The number of carbonyl (C=O) groups is 1. The second-order valence-corrected chi connectivity index (χ2v) is 8.22. The molecule has 1 saturated heterocycles. The summed E-state index contributed by atoms with van der Waals surface area (Å²) in [5.74, 6) is 0.899. The maximum absolute atomic E-state index is 12.6. The van der Waals surface area contributed by atoms with E-state index in [1.807, 2.05) is 0 Å². The first-order valence-electron chi connectivity index (χ1n) is 10.5. The van der Waals surface area contributed by atoms with Gasteiger partial charge in [-0.15, -0.1) is 0 Å². The van der Waals surface area contributed by atoms with Crippen molar-refractivity contribution in [1.29, 1.82) is 0 Å². The highest BCUT2D eigenvalue weighted by Crippen LogP contribution is 2.38. The molecule has 160 valence electrons. The Morgan fingerprint density at radius 1 is 1.17 bits per heavy atom. The summed E-state index contributed by atoms with van der Waals surface area (Å²) in [5.41, 5.74) is 1.84. The van der Waals surface area contributed by atoms with Crippen LogP contribution in [0.2, 0.25) is 5.02 Å². The number of hydrogen-bond donors (Lipinski definition) is 1. The fourth-order valence-electron chi connectivity index (χ4n) is 4.04. The van der Waals surface area contributed by atoms with E-state index in [-0.39, 0.29) is 5.91 Å². The summed E-state index contributed by atoms with van der Waals surface area (Å²) in [6.07, 6.45) is 0.886. The zero-order chi connectivity index (χ0) is 20.9. The summed E-state index contributed by atoms with van der Waals surface area (Å²) in [5, 5.41) is 3.41. The first kappa shape index (κ1) is 21.0. The van der Waals surface area contributed by atoms with Crippen LogP contribution in [-0.2, 0) is 0 Å². The van der Waals surface area contributed by atoms with E-state index >= 15 is 0 Å². The van der Waals surface area contributed by atoms with Gasteiger partial charge in [-0.1, -0.05) is 41.9 Å². The first-order valence-corrected chi connectivity index (χ1v) is 10.8. The number of halogens is 1. The molecule has 6 nitrogen and oxygen atoms in total. The maximum atomic E-state index is 12.6. The number of nitrogens with one attached hydrogen (secondary N) is 1. The van der Waals surface area contributed by atoms with Gasteiger partial charge in [-0.3, -0.25) is 9.69 Å². The molecule has 0 spiro atoms. The number of hydrogen-bond acceptors (Lipinski definition) is 5. The summed E-state index contributed by atoms with van der Waals surface area (Å²) < 4.78 is 11.1. The third-order valence-corrected chi connectivity index (χ3v) is 5.93. The number of benzene rings is 2. The number of carbonyl (C=O) groups excluding carboxylic acids is 1. The minimum absolute atomic E-state index is 0.146. The van der Waals surface area contributed by atoms with E-state index in [2.05, 4.69) is 52.5 Å². The molecule has 7 heteroatoms. The molecule has 30 heavy (non-hydrogen) atoms. The molecule has 0 saturated carbocycles. The van der Waals surface area contributed by atoms with Crippen LogP contribution in [0.15, 0.2) is 42.5 Å². The van der Waals surface area contributed by atoms with Crippen LogP contribution in [0.5, 0.6) is 11.5 Å². The smallest absolute Gasteiger partial charge is 0.251 e. The molecule has 1 amide bonds. The molecular formula is C23H28ClN3O3. The van der Waals surface area contributed by atoms with Gasteiger partial charge >= 0.3 is 0 Å². The van der Waals surface area contributed by atoms with Gasteiger partial charge in [-0.25, -0.2) is 0 Å². The molecule has 1 fully saturated rings. The van der Waals surface area contributed by atoms with Gasteiger partial charge in [0.15, 0.2) is 11.5 Å². The van der Waals surface area contributed by atoms with Crippen molar-refractivity contribution in [2.24, 2.45) is 0 Å². The minimum Gasteiger partial charge on any atom is -0.486 e. The van der Waals surface area contributed by atoms with Crippen molar-refractivity contribution in [2.75, 3.05) is 53.0 Å². The van der Waals surface area contributed by atoms with Crippen LogP contribution in [0.25, 0.3) is 0 Å². The molecule has 2 aromatic rings. The number of rotatable bonds is 6. The summed E-state index contributed by atoms with van der Waals surface area (Å²) in [6, 6.07) is 14.4. The number of amides is 1. The highest BCUT2D eigenvalue weighted by atomic mass is 35.5. The molecule has 2 aliphatic heterocycles. The monoisotopic (exact) mass is 429 g/mol. The molecule has 0 bridgehead atoms. The van der Waals surface area contributed by atoms with E-state index < -0.39 is 0 Å². The molecule has 4 rings (SSSR count). The van der Waals surface area contributed by atoms with Gasteiger partial charge in [0, 0.05) is 44.3 Å². The van der Waals surface area contributed by atoms with Gasteiger partial charge in [-0.05, 0) is 31.2 Å². The van der Waals surface area contributed by atoms with Crippen molar-refractivity contribution in [1.82, 2.24) is 15.1 Å². The minimum atomic E-state index is -0.146. The molecule has 2 heterocycles. The Kier molecular flexibility index (Phi) is 6.77. The Morgan fingerprint density at radius 3 is 2.80 bits per heavy atom. The van der Waals surface area contributed by atoms with Crippen molar-refractivity contribution >= 4 is 17.5 Å². The van der Waals surface area contributed by atoms with Crippen LogP contribution in [0.1, 0.15) is 28.4 Å². The van der Waals surface area contributed by atoms with E-state index in [0.29, 0.717) is 47.9 Å². The third-order valence-electron chi connectivity index (χ3n) is 5.65. The number of fused-ring (bicyclic) bond motifs is 1. The highest BCUT2D eigenvalue weighted by molar-refractivity contribution is 6.32. The first-order chi connectivity index (χ1) is 14.6. The van der Waals surface area contributed by atoms with E-state index in [9.17, 15) is 4.79 Å². The summed E-state index contributed by atoms with van der Waals surface area (Å²) in [7, 11) is 2.17. The van der Waals surface area contributed by atoms with Crippen LogP contribution in [-0.4, -0.2) is 68.7 Å². The fourth-order valence-corrected chi connectivity index (χ4v) is 4.31. The SMILES string of the molecule is CN1CCN(CCCNC(=O)c2cc(Cl)c3c(c2)OCCO3)C(c2ccccc2)C1. The van der Waals surface area contributed by atoms with Crippen LogP contribution < -0.4 is 14.8 Å². The maximum Gasteiger partial charge on any atom is 0.251 e. The lowest BCUT2D eigenvalue weighted by Gasteiger charge is -2.40. The highest BCUT2D eigenvalue weighted by Gasteiger charge is 2.26. The zero-order valence-corrected chi connectivity index (χ0v) is 18.0. The molecule has 0 aromatic heterocycles. The predicted octanol–water partition coefficient (Wildman–Crippen LogP) is 3.22. The molecule has 0 radical (unpaired) electrons. The van der Waals surface area contributed by atoms with Gasteiger partial charge in [0.1, 0.15) is 13.2 Å². The standard InChI is InChI=1S/C23H28ClN3O3/c1-26-10-11-27(20(16-26)17-6-3-2-4-7-17)9-5-8-25-23(28)18-14-19(24)22-21(15-18)29-12-13-30-22/h2-4,6-7,14-15,20H,5,8-13,16H2,1H3,(H,25,28). The summed E-state index contributed by atoms with van der Waals surface area (Å²) in [4.78, 5) is 17.5. The van der Waals surface area contributed by atoms with Gasteiger partial charge in [-0.2, -0.15) is 0 Å². The Bertz CT molecular complexity index is 877. The lowest BCUT2D eigenvalue weighted by molar-refractivity contribution is 0.0865. The lowest BCUT2D eigenvalue weighted by Crippen LogP contribution is -2.47. The van der Waals surface area contributed by atoms with Gasteiger partial charge in [0.05, 0.1) is 5.02 Å². The van der Waals surface area contributed by atoms with Crippen LogP contribution in [0.4, 0.5) is 0 Å². The largest absolute Gasteiger partial charge is 0.486 e. The summed E-state index contributed by atoms with van der Waals surface area (Å²) >= 11 is 6.24. The number of likely N-dealkylation sites (N-methyl/N-ethyl adjacent to an activating group) is 1. The van der Waals surface area contributed by atoms with Crippen LogP contribution in [0.3, 0.4) is 0 Å². The second-order valence-electron chi connectivity index (χ2n) is 7.82. The average molecular weight is 430 g/mol. The van der Waals surface area contributed by atoms with Gasteiger partial charge in [0.2, 0.25) is 0 Å². The number of nitrogens with zero attached hydrogens (tertiary/aromatic N) is 2. The Hall–Kier alpha value is -2.28. The third kappa shape index (κ3) is 4.89.